The molecule has 3 aromatic carbocycles. The van der Waals surface area contributed by atoms with Crippen LogP contribution in [0, 0.1) is 0 Å². The quantitative estimate of drug-likeness (QED) is 0.425. The lowest BCUT2D eigenvalue weighted by Gasteiger charge is -2.10. The first-order valence-corrected chi connectivity index (χ1v) is 9.20. The van der Waals surface area contributed by atoms with Crippen LogP contribution in [0.25, 0.3) is 32.8 Å². The van der Waals surface area contributed by atoms with E-state index in [1.165, 1.54) is 19.2 Å². The molecule has 0 saturated heterocycles. The van der Waals surface area contributed by atoms with E-state index in [0.29, 0.717) is 27.3 Å². The van der Waals surface area contributed by atoms with Crippen LogP contribution in [0.5, 0.6) is 0 Å². The fraction of sp³-hybridized carbons (Fsp3) is 0.0556. The van der Waals surface area contributed by atoms with Gasteiger partial charge in [-0.2, -0.15) is 0 Å². The van der Waals surface area contributed by atoms with E-state index in [1.807, 2.05) is 0 Å². The van der Waals surface area contributed by atoms with E-state index in [0.717, 1.165) is 0 Å². The second kappa shape index (κ2) is 5.72. The molecule has 4 rings (SSSR count). The first kappa shape index (κ1) is 16.4. The summed E-state index contributed by atoms with van der Waals surface area (Å²) >= 11 is 0. The van der Waals surface area contributed by atoms with Gasteiger partial charge in [0.05, 0.1) is 27.0 Å². The van der Waals surface area contributed by atoms with Gasteiger partial charge in [-0.15, -0.1) is 0 Å². The van der Waals surface area contributed by atoms with Crippen molar-refractivity contribution >= 4 is 48.8 Å². The average molecular weight is 367 g/mol. The van der Waals surface area contributed by atoms with Crippen LogP contribution in [0.2, 0.25) is 0 Å². The largest absolute Gasteiger partial charge is 0.478 e. The summed E-state index contributed by atoms with van der Waals surface area (Å²) in [7, 11) is -2.30. The van der Waals surface area contributed by atoms with E-state index in [-0.39, 0.29) is 16.0 Å². The van der Waals surface area contributed by atoms with Gasteiger partial charge in [-0.3, -0.25) is 0 Å². The van der Waals surface area contributed by atoms with Crippen molar-refractivity contribution < 1.29 is 18.3 Å². The van der Waals surface area contributed by atoms with Crippen molar-refractivity contribution in [1.29, 1.82) is 0 Å². The number of sulfonamides is 1. The van der Waals surface area contributed by atoms with E-state index < -0.39 is 16.0 Å². The molecule has 8 heteroatoms. The van der Waals surface area contributed by atoms with Gasteiger partial charge < -0.3 is 5.11 Å². The number of carbonyl (C=O) groups is 1. The predicted octanol–water partition coefficient (Wildman–Crippen LogP) is 2.54. The zero-order valence-electron chi connectivity index (χ0n) is 13.6. The molecule has 7 nitrogen and oxygen atoms in total. The van der Waals surface area contributed by atoms with Gasteiger partial charge in [-0.1, -0.05) is 24.3 Å². The molecule has 4 aromatic rings. The standard InChI is InChI=1S/C18H13N3O4S/c1-19-26(24,25)15-7-3-4-11-10(15)8-9-14-16(11)21-17-12(18(22)23)5-2-6-13(17)20-14/h2-9,19H,1H3,(H,22,23). The summed E-state index contributed by atoms with van der Waals surface area (Å²) in [6.45, 7) is 0. The molecule has 1 heterocycles. The number of aromatic carboxylic acids is 1. The maximum Gasteiger partial charge on any atom is 0.337 e. The van der Waals surface area contributed by atoms with Crippen molar-refractivity contribution in [1.82, 2.24) is 14.7 Å². The SMILES string of the molecule is CNS(=O)(=O)c1cccc2c1ccc1nc3cccc(C(=O)O)c3nc12. The van der Waals surface area contributed by atoms with Gasteiger partial charge in [0.15, 0.2) is 0 Å². The van der Waals surface area contributed by atoms with Crippen LogP contribution in [0.4, 0.5) is 0 Å². The Morgan fingerprint density at radius 3 is 2.38 bits per heavy atom. The number of rotatable bonds is 3. The fourth-order valence-corrected chi connectivity index (χ4v) is 3.95. The third-order valence-corrected chi connectivity index (χ3v) is 5.71. The minimum atomic E-state index is -3.65. The van der Waals surface area contributed by atoms with Gasteiger partial charge in [0, 0.05) is 10.8 Å². The molecule has 0 saturated carbocycles. The monoisotopic (exact) mass is 367 g/mol. The molecule has 0 unspecified atom stereocenters. The number of fused-ring (bicyclic) bond motifs is 4. The highest BCUT2D eigenvalue weighted by Crippen LogP contribution is 2.29. The van der Waals surface area contributed by atoms with E-state index in [1.54, 1.807) is 36.4 Å². The summed E-state index contributed by atoms with van der Waals surface area (Å²) in [4.78, 5) is 20.6. The predicted molar refractivity (Wildman–Crippen MR) is 97.8 cm³/mol. The van der Waals surface area contributed by atoms with Gasteiger partial charge >= 0.3 is 5.97 Å². The van der Waals surface area contributed by atoms with Crippen LogP contribution >= 0.6 is 0 Å². The van der Waals surface area contributed by atoms with E-state index in [2.05, 4.69) is 14.7 Å². The molecule has 0 aliphatic carbocycles. The first-order valence-electron chi connectivity index (χ1n) is 7.71. The molecule has 0 amide bonds. The van der Waals surface area contributed by atoms with Crippen LogP contribution in [-0.4, -0.2) is 36.5 Å². The van der Waals surface area contributed by atoms with E-state index in [9.17, 15) is 18.3 Å². The van der Waals surface area contributed by atoms with Crippen molar-refractivity contribution in [2.45, 2.75) is 4.90 Å². The third-order valence-electron chi connectivity index (χ3n) is 4.24. The smallest absolute Gasteiger partial charge is 0.337 e. The Hall–Kier alpha value is -3.10. The number of hydrogen-bond acceptors (Lipinski definition) is 5. The first-order chi connectivity index (χ1) is 12.4. The average Bonchev–Trinajstić information content (AvgIpc) is 2.65. The Morgan fingerprint density at radius 1 is 0.923 bits per heavy atom. The second-order valence-corrected chi connectivity index (χ2v) is 7.55. The number of carboxylic acids is 1. The van der Waals surface area contributed by atoms with Crippen molar-refractivity contribution in [3.8, 4) is 0 Å². The van der Waals surface area contributed by atoms with Crippen LogP contribution in [0.15, 0.2) is 53.4 Å². The normalized spacial score (nSPS) is 12.0. The van der Waals surface area contributed by atoms with E-state index in [4.69, 9.17) is 0 Å². The minimum Gasteiger partial charge on any atom is -0.478 e. The van der Waals surface area contributed by atoms with Crippen molar-refractivity contribution in [3.05, 3.63) is 54.1 Å². The molecule has 0 radical (unpaired) electrons. The van der Waals surface area contributed by atoms with Gasteiger partial charge in [-0.05, 0) is 31.3 Å². The fourth-order valence-electron chi connectivity index (χ4n) is 3.01. The maximum atomic E-state index is 12.3. The highest BCUT2D eigenvalue weighted by Gasteiger charge is 2.18. The number of hydrogen-bond donors (Lipinski definition) is 2. The van der Waals surface area contributed by atoms with Crippen LogP contribution in [0.1, 0.15) is 10.4 Å². The molecule has 0 aliphatic heterocycles. The molecular weight excluding hydrogens is 354 g/mol. The number of benzene rings is 3. The van der Waals surface area contributed by atoms with Crippen LogP contribution in [-0.2, 0) is 10.0 Å². The lowest BCUT2D eigenvalue weighted by Crippen LogP contribution is -2.18. The Balaban J connectivity index is 2.17. The molecule has 26 heavy (non-hydrogen) atoms. The topological polar surface area (TPSA) is 109 Å². The molecular formula is C18H13N3O4S. The Bertz CT molecular complexity index is 1320. The zero-order chi connectivity index (χ0) is 18.5. The zero-order valence-corrected chi connectivity index (χ0v) is 14.4. The van der Waals surface area contributed by atoms with Crippen LogP contribution in [0.3, 0.4) is 0 Å². The molecule has 0 fully saturated rings. The number of aromatic nitrogens is 2. The highest BCUT2D eigenvalue weighted by atomic mass is 32.2. The number of carboxylic acid groups (broad SMARTS) is 1. The van der Waals surface area contributed by atoms with Crippen molar-refractivity contribution in [2.75, 3.05) is 7.05 Å². The Morgan fingerprint density at radius 2 is 1.65 bits per heavy atom. The number of nitrogens with one attached hydrogen (secondary N) is 1. The maximum absolute atomic E-state index is 12.3. The van der Waals surface area contributed by atoms with Gasteiger partial charge in [0.25, 0.3) is 0 Å². The van der Waals surface area contributed by atoms with Crippen molar-refractivity contribution in [3.63, 3.8) is 0 Å². The summed E-state index contributed by atoms with van der Waals surface area (Å²) in [5.74, 6) is -1.09. The summed E-state index contributed by atoms with van der Waals surface area (Å²) in [6.07, 6.45) is 0. The lowest BCUT2D eigenvalue weighted by atomic mass is 10.1. The third kappa shape index (κ3) is 2.39. The highest BCUT2D eigenvalue weighted by molar-refractivity contribution is 7.89. The van der Waals surface area contributed by atoms with Crippen molar-refractivity contribution in [2.24, 2.45) is 0 Å². The van der Waals surface area contributed by atoms with Gasteiger partial charge in [0.1, 0.15) is 5.52 Å². The number of para-hydroxylation sites is 1. The van der Waals surface area contributed by atoms with Gasteiger partial charge in [0.2, 0.25) is 10.0 Å². The lowest BCUT2D eigenvalue weighted by molar-refractivity contribution is 0.0699. The molecule has 1 aromatic heterocycles. The molecule has 130 valence electrons. The minimum absolute atomic E-state index is 0.0490. The van der Waals surface area contributed by atoms with E-state index >= 15 is 0 Å². The summed E-state index contributed by atoms with van der Waals surface area (Å²) in [5.41, 5.74) is 1.80. The molecule has 0 spiro atoms. The summed E-state index contributed by atoms with van der Waals surface area (Å²) in [5, 5.41) is 10.5. The molecule has 0 bridgehead atoms. The summed E-state index contributed by atoms with van der Waals surface area (Å²) in [6, 6.07) is 13.0. The number of nitrogens with zero attached hydrogens (tertiary/aromatic N) is 2. The Kier molecular flexibility index (Phi) is 3.60. The van der Waals surface area contributed by atoms with Gasteiger partial charge in [-0.25, -0.2) is 27.9 Å². The molecule has 0 aliphatic rings. The second-order valence-electron chi connectivity index (χ2n) is 5.69. The molecule has 2 N–H and O–H groups in total. The molecule has 0 atom stereocenters. The van der Waals surface area contributed by atoms with Crippen LogP contribution < -0.4 is 4.72 Å². The Labute approximate surface area is 148 Å². The summed E-state index contributed by atoms with van der Waals surface area (Å²) < 4.78 is 26.9.